The minimum Gasteiger partial charge on any atom is -0.496 e. The fourth-order valence-corrected chi connectivity index (χ4v) is 1.34. The minimum absolute atomic E-state index is 0.0735. The van der Waals surface area contributed by atoms with Crippen molar-refractivity contribution in [3.8, 4) is 11.8 Å². The Morgan fingerprint density at radius 3 is 2.44 bits per heavy atom. The molecule has 1 aromatic carbocycles. The van der Waals surface area contributed by atoms with Crippen LogP contribution >= 0.6 is 0 Å². The molecular formula is C10H8F3NO2. The zero-order valence-electron chi connectivity index (χ0n) is 8.30. The van der Waals surface area contributed by atoms with Gasteiger partial charge in [-0.3, -0.25) is 0 Å². The van der Waals surface area contributed by atoms with Crippen molar-refractivity contribution in [2.24, 2.45) is 0 Å². The fraction of sp³-hybridized carbons (Fsp3) is 0.300. The summed E-state index contributed by atoms with van der Waals surface area (Å²) in [6, 6.07) is 3.74. The van der Waals surface area contributed by atoms with Gasteiger partial charge in [-0.2, -0.15) is 18.4 Å². The van der Waals surface area contributed by atoms with Gasteiger partial charge in [-0.05, 0) is 11.6 Å². The summed E-state index contributed by atoms with van der Waals surface area (Å²) < 4.78 is 42.6. The third-order valence-electron chi connectivity index (χ3n) is 2.04. The molecule has 3 nitrogen and oxygen atoms in total. The number of ether oxygens (including phenoxy) is 1. The number of rotatable bonds is 2. The maximum atomic E-state index is 12.7. The third-order valence-corrected chi connectivity index (χ3v) is 2.04. The first kappa shape index (κ1) is 12.3. The quantitative estimate of drug-likeness (QED) is 0.847. The fourth-order valence-electron chi connectivity index (χ4n) is 1.34. The molecule has 0 amide bonds. The molecule has 16 heavy (non-hydrogen) atoms. The van der Waals surface area contributed by atoms with E-state index in [1.807, 2.05) is 0 Å². The van der Waals surface area contributed by atoms with Crippen LogP contribution in [-0.4, -0.2) is 12.2 Å². The standard InChI is InChI=1S/C10H8F3NO2/c1-16-8-3-2-6(5-15)7(4-14)9(8)10(11,12)13/h2-3,15H,5H2,1H3. The van der Waals surface area contributed by atoms with Crippen LogP contribution in [0.5, 0.6) is 5.75 Å². The van der Waals surface area contributed by atoms with Gasteiger partial charge in [0.1, 0.15) is 17.4 Å². The average molecular weight is 231 g/mol. The smallest absolute Gasteiger partial charge is 0.421 e. The number of alkyl halides is 3. The monoisotopic (exact) mass is 231 g/mol. The first-order valence-electron chi connectivity index (χ1n) is 4.23. The summed E-state index contributed by atoms with van der Waals surface area (Å²) in [5, 5.41) is 17.5. The first-order chi connectivity index (χ1) is 7.45. The SMILES string of the molecule is COc1ccc(CO)c(C#N)c1C(F)(F)F. The molecule has 1 N–H and O–H groups in total. The van der Waals surface area contributed by atoms with Gasteiger partial charge in [0, 0.05) is 0 Å². The number of halogens is 3. The molecule has 0 unspecified atom stereocenters. The Morgan fingerprint density at radius 1 is 1.44 bits per heavy atom. The van der Waals surface area contributed by atoms with Crippen molar-refractivity contribution in [1.82, 2.24) is 0 Å². The number of hydrogen-bond donors (Lipinski definition) is 1. The van der Waals surface area contributed by atoms with Crippen molar-refractivity contribution in [2.75, 3.05) is 7.11 Å². The number of methoxy groups -OCH3 is 1. The lowest BCUT2D eigenvalue weighted by Gasteiger charge is -2.15. The molecule has 0 saturated carbocycles. The second kappa shape index (κ2) is 4.41. The molecule has 0 aromatic heterocycles. The van der Waals surface area contributed by atoms with E-state index in [9.17, 15) is 13.2 Å². The van der Waals surface area contributed by atoms with E-state index in [2.05, 4.69) is 4.74 Å². The highest BCUT2D eigenvalue weighted by molar-refractivity contribution is 5.53. The van der Waals surface area contributed by atoms with Gasteiger partial charge in [0.15, 0.2) is 0 Å². The Kier molecular flexibility index (Phi) is 3.40. The van der Waals surface area contributed by atoms with Gasteiger partial charge >= 0.3 is 6.18 Å². The van der Waals surface area contributed by atoms with Crippen molar-refractivity contribution in [2.45, 2.75) is 12.8 Å². The van der Waals surface area contributed by atoms with Crippen LogP contribution in [-0.2, 0) is 12.8 Å². The van der Waals surface area contributed by atoms with Crippen LogP contribution in [0.4, 0.5) is 13.2 Å². The lowest BCUT2D eigenvalue weighted by atomic mass is 10.0. The van der Waals surface area contributed by atoms with Crippen molar-refractivity contribution >= 4 is 0 Å². The maximum Gasteiger partial charge on any atom is 0.421 e. The molecule has 0 bridgehead atoms. The van der Waals surface area contributed by atoms with Gasteiger partial charge in [-0.25, -0.2) is 0 Å². The molecule has 0 atom stereocenters. The van der Waals surface area contributed by atoms with Crippen LogP contribution in [0.3, 0.4) is 0 Å². The summed E-state index contributed by atoms with van der Waals surface area (Å²) in [5.74, 6) is -0.429. The van der Waals surface area contributed by atoms with Crippen molar-refractivity contribution in [3.05, 3.63) is 28.8 Å². The van der Waals surface area contributed by atoms with Gasteiger partial charge in [0.25, 0.3) is 0 Å². The number of aliphatic hydroxyl groups is 1. The van der Waals surface area contributed by atoms with E-state index >= 15 is 0 Å². The molecule has 0 aliphatic rings. The predicted octanol–water partition coefficient (Wildman–Crippen LogP) is 2.08. The first-order valence-corrected chi connectivity index (χ1v) is 4.23. The zero-order chi connectivity index (χ0) is 12.3. The van der Waals surface area contributed by atoms with Crippen LogP contribution in [0.25, 0.3) is 0 Å². The molecule has 0 aliphatic heterocycles. The zero-order valence-corrected chi connectivity index (χ0v) is 8.30. The van der Waals surface area contributed by atoms with Gasteiger partial charge < -0.3 is 9.84 Å². The van der Waals surface area contributed by atoms with E-state index in [0.29, 0.717) is 0 Å². The molecule has 0 saturated heterocycles. The number of nitrogens with zero attached hydrogens (tertiary/aromatic N) is 1. The molecule has 0 fully saturated rings. The predicted molar refractivity (Wildman–Crippen MR) is 48.6 cm³/mol. The van der Waals surface area contributed by atoms with Crippen LogP contribution in [0.15, 0.2) is 12.1 Å². The van der Waals surface area contributed by atoms with Gasteiger partial charge in [0.2, 0.25) is 0 Å². The summed E-state index contributed by atoms with van der Waals surface area (Å²) in [5.41, 5.74) is -1.82. The summed E-state index contributed by atoms with van der Waals surface area (Å²) >= 11 is 0. The second-order valence-electron chi connectivity index (χ2n) is 2.94. The van der Waals surface area contributed by atoms with Gasteiger partial charge in [0.05, 0.1) is 19.3 Å². The van der Waals surface area contributed by atoms with E-state index in [1.54, 1.807) is 0 Å². The second-order valence-corrected chi connectivity index (χ2v) is 2.94. The molecule has 86 valence electrons. The molecule has 0 aliphatic carbocycles. The number of hydrogen-bond acceptors (Lipinski definition) is 3. The Bertz CT molecular complexity index is 435. The van der Waals surface area contributed by atoms with Gasteiger partial charge in [-0.1, -0.05) is 6.07 Å². The van der Waals surface area contributed by atoms with Crippen molar-refractivity contribution in [3.63, 3.8) is 0 Å². The Hall–Kier alpha value is -1.74. The Labute approximate surface area is 89.7 Å². The number of nitriles is 1. The number of benzene rings is 1. The van der Waals surface area contributed by atoms with E-state index in [-0.39, 0.29) is 5.56 Å². The van der Waals surface area contributed by atoms with Crippen LogP contribution in [0.1, 0.15) is 16.7 Å². The van der Waals surface area contributed by atoms with Crippen LogP contribution in [0.2, 0.25) is 0 Å². The van der Waals surface area contributed by atoms with Gasteiger partial charge in [-0.15, -0.1) is 0 Å². The third kappa shape index (κ3) is 2.09. The van der Waals surface area contributed by atoms with Crippen molar-refractivity contribution in [1.29, 1.82) is 5.26 Å². The molecule has 1 aromatic rings. The highest BCUT2D eigenvalue weighted by Crippen LogP contribution is 2.39. The summed E-state index contributed by atoms with van der Waals surface area (Å²) in [6.45, 7) is -0.629. The average Bonchev–Trinajstić information content (AvgIpc) is 2.25. The normalized spacial score (nSPS) is 11.0. The minimum atomic E-state index is -4.69. The molecule has 0 spiro atoms. The lowest BCUT2D eigenvalue weighted by Crippen LogP contribution is -2.12. The van der Waals surface area contributed by atoms with E-state index in [0.717, 1.165) is 13.2 Å². The number of aliphatic hydroxyl groups excluding tert-OH is 1. The van der Waals surface area contributed by atoms with E-state index in [1.165, 1.54) is 12.1 Å². The summed E-state index contributed by atoms with van der Waals surface area (Å²) in [6.07, 6.45) is -4.69. The van der Waals surface area contributed by atoms with E-state index in [4.69, 9.17) is 10.4 Å². The lowest BCUT2D eigenvalue weighted by molar-refractivity contribution is -0.139. The topological polar surface area (TPSA) is 53.2 Å². The van der Waals surface area contributed by atoms with Crippen LogP contribution in [0, 0.1) is 11.3 Å². The van der Waals surface area contributed by atoms with E-state index < -0.39 is 29.7 Å². The largest absolute Gasteiger partial charge is 0.496 e. The molecule has 0 heterocycles. The molecule has 6 heteroatoms. The highest BCUT2D eigenvalue weighted by Gasteiger charge is 2.38. The molecule has 1 rings (SSSR count). The van der Waals surface area contributed by atoms with Crippen LogP contribution < -0.4 is 4.74 Å². The Balaban J connectivity index is 3.58. The summed E-state index contributed by atoms with van der Waals surface area (Å²) in [4.78, 5) is 0. The maximum absolute atomic E-state index is 12.7. The van der Waals surface area contributed by atoms with Crippen molar-refractivity contribution < 1.29 is 23.0 Å². The molecular weight excluding hydrogens is 223 g/mol. The molecule has 0 radical (unpaired) electrons. The summed E-state index contributed by atoms with van der Waals surface area (Å²) in [7, 11) is 1.09. The Morgan fingerprint density at radius 2 is 2.06 bits per heavy atom. The highest BCUT2D eigenvalue weighted by atomic mass is 19.4.